The number of piperidine rings is 1. The molecule has 0 unspecified atom stereocenters. The van der Waals surface area contributed by atoms with Gasteiger partial charge in [0.2, 0.25) is 11.6 Å². The van der Waals surface area contributed by atoms with E-state index in [9.17, 15) is 9.59 Å². The molecule has 1 aromatic carbocycles. The lowest BCUT2D eigenvalue weighted by molar-refractivity contribution is -0.117. The first kappa shape index (κ1) is 12.9. The van der Waals surface area contributed by atoms with Gasteiger partial charge in [-0.3, -0.25) is 9.59 Å². The second-order valence-corrected chi connectivity index (χ2v) is 5.18. The molecule has 0 saturated carbocycles. The van der Waals surface area contributed by atoms with E-state index in [-0.39, 0.29) is 23.7 Å². The Morgan fingerprint density at radius 3 is 2.60 bits per heavy atom. The predicted octanol–water partition coefficient (Wildman–Crippen LogP) is 2.20. The molecule has 1 fully saturated rings. The van der Waals surface area contributed by atoms with Gasteiger partial charge in [-0.15, -0.1) is 0 Å². The van der Waals surface area contributed by atoms with Crippen LogP contribution in [0.1, 0.15) is 29.6 Å². The molecule has 0 N–H and O–H groups in total. The molecule has 0 amide bonds. The molecule has 0 radical (unpaired) electrons. The van der Waals surface area contributed by atoms with Crippen LogP contribution >= 0.6 is 0 Å². The Balaban J connectivity index is 1.95. The first-order valence-corrected chi connectivity index (χ1v) is 7.01. The van der Waals surface area contributed by atoms with Crippen LogP contribution in [-0.2, 0) is 4.79 Å². The fraction of sp³-hybridized carbons (Fsp3) is 0.375. The number of ether oxygens (including phenoxy) is 1. The van der Waals surface area contributed by atoms with Gasteiger partial charge in [0.15, 0.2) is 6.61 Å². The summed E-state index contributed by atoms with van der Waals surface area (Å²) in [5, 5.41) is 0. The SMILES string of the molecule is O=C1COc2ccccc2C(=O)/C1=C/N1CCCCC1. The summed E-state index contributed by atoms with van der Waals surface area (Å²) in [7, 11) is 0. The molecule has 0 aliphatic carbocycles. The van der Waals surface area contributed by atoms with E-state index in [1.165, 1.54) is 6.42 Å². The summed E-state index contributed by atoms with van der Waals surface area (Å²) in [6.45, 7) is 1.75. The van der Waals surface area contributed by atoms with Gasteiger partial charge in [-0.1, -0.05) is 12.1 Å². The van der Waals surface area contributed by atoms with Crippen molar-refractivity contribution < 1.29 is 14.3 Å². The fourth-order valence-electron chi connectivity index (χ4n) is 2.63. The van der Waals surface area contributed by atoms with Crippen molar-refractivity contribution in [1.29, 1.82) is 0 Å². The molecule has 0 spiro atoms. The molecule has 0 aromatic heterocycles. The number of benzene rings is 1. The van der Waals surface area contributed by atoms with Crippen molar-refractivity contribution in [2.75, 3.05) is 19.7 Å². The molecular weight excluding hydrogens is 254 g/mol. The zero-order valence-corrected chi connectivity index (χ0v) is 11.3. The molecule has 104 valence electrons. The van der Waals surface area contributed by atoms with Crippen molar-refractivity contribution in [1.82, 2.24) is 4.90 Å². The molecule has 0 atom stereocenters. The Hall–Kier alpha value is -2.10. The number of para-hydroxylation sites is 1. The van der Waals surface area contributed by atoms with Crippen molar-refractivity contribution >= 4 is 11.6 Å². The average molecular weight is 271 g/mol. The van der Waals surface area contributed by atoms with Crippen molar-refractivity contribution in [2.24, 2.45) is 0 Å². The number of carbonyl (C=O) groups is 2. The highest BCUT2D eigenvalue weighted by atomic mass is 16.5. The maximum atomic E-state index is 12.5. The first-order valence-electron chi connectivity index (χ1n) is 7.01. The summed E-state index contributed by atoms with van der Waals surface area (Å²) < 4.78 is 5.42. The van der Waals surface area contributed by atoms with E-state index in [0.717, 1.165) is 25.9 Å². The lowest BCUT2D eigenvalue weighted by atomic mass is 10.0. The molecule has 3 rings (SSSR count). The first-order chi connectivity index (χ1) is 9.75. The molecule has 20 heavy (non-hydrogen) atoms. The topological polar surface area (TPSA) is 46.6 Å². The molecule has 0 bridgehead atoms. The Morgan fingerprint density at radius 2 is 1.80 bits per heavy atom. The van der Waals surface area contributed by atoms with E-state index in [2.05, 4.69) is 4.90 Å². The number of nitrogens with zero attached hydrogens (tertiary/aromatic N) is 1. The molecule has 2 aliphatic heterocycles. The number of hydrogen-bond acceptors (Lipinski definition) is 4. The van der Waals surface area contributed by atoms with E-state index in [4.69, 9.17) is 4.74 Å². The highest BCUT2D eigenvalue weighted by Crippen LogP contribution is 2.25. The van der Waals surface area contributed by atoms with E-state index >= 15 is 0 Å². The van der Waals surface area contributed by atoms with Crippen molar-refractivity contribution in [3.05, 3.63) is 41.6 Å². The zero-order valence-electron chi connectivity index (χ0n) is 11.3. The number of Topliss-reactive ketones (excluding diaryl/α,β-unsaturated/α-hetero) is 2. The third-order valence-electron chi connectivity index (χ3n) is 3.74. The van der Waals surface area contributed by atoms with Gasteiger partial charge in [-0.25, -0.2) is 0 Å². The van der Waals surface area contributed by atoms with Gasteiger partial charge in [-0.05, 0) is 31.4 Å². The second kappa shape index (κ2) is 5.49. The molecule has 1 aromatic rings. The van der Waals surface area contributed by atoms with E-state index in [1.807, 2.05) is 0 Å². The third kappa shape index (κ3) is 2.46. The van der Waals surface area contributed by atoms with E-state index in [0.29, 0.717) is 11.3 Å². The van der Waals surface area contributed by atoms with Crippen LogP contribution in [0.2, 0.25) is 0 Å². The number of carbonyl (C=O) groups excluding carboxylic acids is 2. The minimum Gasteiger partial charge on any atom is -0.485 e. The summed E-state index contributed by atoms with van der Waals surface area (Å²) in [6, 6.07) is 7.02. The van der Waals surface area contributed by atoms with Crippen LogP contribution in [0.5, 0.6) is 5.75 Å². The van der Waals surface area contributed by atoms with E-state index < -0.39 is 0 Å². The Morgan fingerprint density at radius 1 is 1.05 bits per heavy atom. The Bertz CT molecular complexity index is 571. The number of likely N-dealkylation sites (tertiary alicyclic amines) is 1. The molecule has 4 heteroatoms. The normalized spacial score (nSPS) is 21.4. The monoisotopic (exact) mass is 271 g/mol. The summed E-state index contributed by atoms with van der Waals surface area (Å²) in [4.78, 5) is 26.7. The van der Waals surface area contributed by atoms with Crippen LogP contribution in [0, 0.1) is 0 Å². The van der Waals surface area contributed by atoms with Gasteiger partial charge in [0.05, 0.1) is 11.1 Å². The molecular formula is C16H17NO3. The van der Waals surface area contributed by atoms with Gasteiger partial charge >= 0.3 is 0 Å². The van der Waals surface area contributed by atoms with Crippen molar-refractivity contribution in [3.8, 4) is 5.75 Å². The fourth-order valence-corrected chi connectivity index (χ4v) is 2.63. The van der Waals surface area contributed by atoms with E-state index in [1.54, 1.807) is 30.5 Å². The minimum atomic E-state index is -0.239. The smallest absolute Gasteiger partial charge is 0.205 e. The highest BCUT2D eigenvalue weighted by Gasteiger charge is 2.27. The number of hydrogen-bond donors (Lipinski definition) is 0. The van der Waals surface area contributed by atoms with Gasteiger partial charge in [0.1, 0.15) is 5.75 Å². The minimum absolute atomic E-state index is 0.0670. The molecule has 1 saturated heterocycles. The van der Waals surface area contributed by atoms with Gasteiger partial charge in [-0.2, -0.15) is 0 Å². The number of fused-ring (bicyclic) bond motifs is 1. The molecule has 2 heterocycles. The van der Waals surface area contributed by atoms with Gasteiger partial charge in [0.25, 0.3) is 0 Å². The zero-order chi connectivity index (χ0) is 13.9. The van der Waals surface area contributed by atoms with Crippen LogP contribution < -0.4 is 4.74 Å². The lowest BCUT2D eigenvalue weighted by Crippen LogP contribution is -2.27. The lowest BCUT2D eigenvalue weighted by Gasteiger charge is -2.25. The summed E-state index contributed by atoms with van der Waals surface area (Å²) in [5.74, 6) is 0.0262. The largest absolute Gasteiger partial charge is 0.485 e. The van der Waals surface area contributed by atoms with Crippen LogP contribution in [0.4, 0.5) is 0 Å². The summed E-state index contributed by atoms with van der Waals surface area (Å²) in [6.07, 6.45) is 5.17. The third-order valence-corrected chi connectivity index (χ3v) is 3.74. The predicted molar refractivity (Wildman–Crippen MR) is 74.8 cm³/mol. The number of ketones is 2. The maximum absolute atomic E-state index is 12.5. The molecule has 4 nitrogen and oxygen atoms in total. The van der Waals surface area contributed by atoms with Gasteiger partial charge in [0, 0.05) is 19.3 Å². The van der Waals surface area contributed by atoms with Gasteiger partial charge < -0.3 is 9.64 Å². The van der Waals surface area contributed by atoms with Crippen LogP contribution in [0.15, 0.2) is 36.0 Å². The van der Waals surface area contributed by atoms with Crippen molar-refractivity contribution in [3.63, 3.8) is 0 Å². The average Bonchev–Trinajstić information content (AvgIpc) is 2.61. The van der Waals surface area contributed by atoms with Crippen LogP contribution in [-0.4, -0.2) is 36.2 Å². The number of rotatable bonds is 1. The summed E-state index contributed by atoms with van der Waals surface area (Å²) >= 11 is 0. The standard InChI is InChI=1S/C16H17NO3/c18-14-11-20-15-7-3-2-6-12(15)16(19)13(14)10-17-8-4-1-5-9-17/h2-3,6-7,10H,1,4-5,8-9,11H2/b13-10+. The molecule has 2 aliphatic rings. The van der Waals surface area contributed by atoms with Crippen LogP contribution in [0.25, 0.3) is 0 Å². The Labute approximate surface area is 118 Å². The van der Waals surface area contributed by atoms with Crippen LogP contribution in [0.3, 0.4) is 0 Å². The van der Waals surface area contributed by atoms with Crippen molar-refractivity contribution in [2.45, 2.75) is 19.3 Å². The quantitative estimate of drug-likeness (QED) is 0.580. The second-order valence-electron chi connectivity index (χ2n) is 5.18. The highest BCUT2D eigenvalue weighted by molar-refractivity contribution is 6.28. The maximum Gasteiger partial charge on any atom is 0.205 e. The Kier molecular flexibility index (Phi) is 3.54. The summed E-state index contributed by atoms with van der Waals surface area (Å²) in [5.41, 5.74) is 0.721.